The Hall–Kier alpha value is -1.99. The first-order valence-corrected chi connectivity index (χ1v) is 8.85. The van der Waals surface area contributed by atoms with Crippen molar-refractivity contribution in [2.75, 3.05) is 0 Å². The van der Waals surface area contributed by atoms with E-state index in [0.717, 1.165) is 5.69 Å². The van der Waals surface area contributed by atoms with E-state index in [4.69, 9.17) is 9.31 Å². The maximum Gasteiger partial charge on any atom is 0.525 e. The third-order valence-electron chi connectivity index (χ3n) is 5.08. The van der Waals surface area contributed by atoms with Crippen LogP contribution in [0.1, 0.15) is 58.7 Å². The van der Waals surface area contributed by atoms with Crippen LogP contribution in [-0.4, -0.2) is 33.5 Å². The average Bonchev–Trinajstić information content (AvgIpc) is 3.07. The Balaban J connectivity index is 2.01. The molecule has 2 aromatic rings. The fourth-order valence-electron chi connectivity index (χ4n) is 2.81. The molecule has 0 amide bonds. The molecule has 0 aliphatic carbocycles. The minimum Gasteiger partial charge on any atom is -0.398 e. The van der Waals surface area contributed by atoms with Gasteiger partial charge in [-0.1, -0.05) is 19.9 Å². The van der Waals surface area contributed by atoms with Gasteiger partial charge in [0.2, 0.25) is 0 Å². The van der Waals surface area contributed by atoms with Gasteiger partial charge in [-0.15, -0.1) is 0 Å². The van der Waals surface area contributed by atoms with Crippen LogP contribution < -0.4 is 0 Å². The molecule has 7 heteroatoms. The molecule has 3 heterocycles. The molecule has 26 heavy (non-hydrogen) atoms. The van der Waals surface area contributed by atoms with Crippen molar-refractivity contribution < 1.29 is 13.7 Å². The Kier molecular flexibility index (Phi) is 4.79. The Morgan fingerprint density at radius 1 is 1.19 bits per heavy atom. The van der Waals surface area contributed by atoms with E-state index in [1.165, 1.54) is 6.08 Å². The van der Waals surface area contributed by atoms with E-state index in [9.17, 15) is 0 Å². The number of pyridine rings is 1. The van der Waals surface area contributed by atoms with Crippen molar-refractivity contribution in [3.8, 4) is 11.4 Å². The third kappa shape index (κ3) is 3.33. The van der Waals surface area contributed by atoms with Gasteiger partial charge in [-0.25, -0.2) is 4.39 Å². The van der Waals surface area contributed by atoms with E-state index in [1.54, 1.807) is 6.20 Å². The van der Waals surface area contributed by atoms with Crippen LogP contribution in [0.25, 0.3) is 17.5 Å². The smallest absolute Gasteiger partial charge is 0.398 e. The summed E-state index contributed by atoms with van der Waals surface area (Å²) in [5.41, 5.74) is 1.14. The van der Waals surface area contributed by atoms with Gasteiger partial charge in [0.25, 0.3) is 0 Å². The Morgan fingerprint density at radius 2 is 1.85 bits per heavy atom. The summed E-state index contributed by atoms with van der Waals surface area (Å²) in [5, 5.41) is 7.38. The zero-order chi connectivity index (χ0) is 19.1. The second-order valence-electron chi connectivity index (χ2n) is 7.89. The summed E-state index contributed by atoms with van der Waals surface area (Å²) in [4.78, 5) is 4.34. The fourth-order valence-corrected chi connectivity index (χ4v) is 2.81. The molecule has 1 N–H and O–H groups in total. The van der Waals surface area contributed by atoms with E-state index in [0.29, 0.717) is 17.0 Å². The van der Waals surface area contributed by atoms with Crippen molar-refractivity contribution in [2.24, 2.45) is 0 Å². The van der Waals surface area contributed by atoms with Gasteiger partial charge in [0.1, 0.15) is 11.4 Å². The lowest BCUT2D eigenvalue weighted by atomic mass is 9.86. The van der Waals surface area contributed by atoms with Crippen LogP contribution in [0.2, 0.25) is 0 Å². The molecule has 0 bridgehead atoms. The van der Waals surface area contributed by atoms with Gasteiger partial charge >= 0.3 is 7.12 Å². The quantitative estimate of drug-likeness (QED) is 0.817. The highest BCUT2D eigenvalue weighted by molar-refractivity contribution is 6.54. The van der Waals surface area contributed by atoms with Gasteiger partial charge in [-0.05, 0) is 51.8 Å². The van der Waals surface area contributed by atoms with Crippen molar-refractivity contribution in [2.45, 2.75) is 58.7 Å². The maximum atomic E-state index is 15.0. The molecule has 1 aliphatic heterocycles. The monoisotopic (exact) mass is 357 g/mol. The number of aromatic amines is 1. The lowest BCUT2D eigenvalue weighted by molar-refractivity contribution is 0.00578. The lowest BCUT2D eigenvalue weighted by Gasteiger charge is -2.32. The van der Waals surface area contributed by atoms with Crippen LogP contribution >= 0.6 is 0 Å². The first-order chi connectivity index (χ1) is 12.1. The molecule has 5 nitrogen and oxygen atoms in total. The molecular formula is C19H25BFN3O2. The highest BCUT2D eigenvalue weighted by Crippen LogP contribution is 2.39. The minimum absolute atomic E-state index is 0.150. The average molecular weight is 357 g/mol. The minimum atomic E-state index is -1.04. The number of H-pyrrole nitrogens is 1. The largest absolute Gasteiger partial charge is 0.525 e. The molecule has 0 radical (unpaired) electrons. The number of aromatic nitrogens is 3. The van der Waals surface area contributed by atoms with E-state index in [1.807, 2.05) is 59.7 Å². The number of halogens is 1. The third-order valence-corrected chi connectivity index (χ3v) is 5.08. The summed E-state index contributed by atoms with van der Waals surface area (Å²) in [6.07, 6.45) is 3.14. The van der Waals surface area contributed by atoms with Gasteiger partial charge in [0.15, 0.2) is 0 Å². The number of nitrogens with one attached hydrogen (secondary N) is 1. The Bertz CT molecular complexity index is 799. The Labute approximate surface area is 154 Å². The summed E-state index contributed by atoms with van der Waals surface area (Å²) in [7, 11) is -1.04. The van der Waals surface area contributed by atoms with E-state index in [2.05, 4.69) is 15.2 Å². The van der Waals surface area contributed by atoms with Gasteiger partial charge in [-0.2, -0.15) is 5.10 Å². The maximum absolute atomic E-state index is 15.0. The van der Waals surface area contributed by atoms with Gasteiger partial charge in [-0.3, -0.25) is 10.1 Å². The van der Waals surface area contributed by atoms with Crippen LogP contribution in [0.15, 0.2) is 30.1 Å². The van der Waals surface area contributed by atoms with E-state index >= 15 is 4.39 Å². The number of rotatable bonds is 4. The standard InChI is InChI=1S/C19H25BFN3O2/c1-12(2)16-13(17(24-23-16)14-9-7-8-10-22-14)11-15(21)20-25-18(3,4)19(5,6)26-20/h7-12H,1-6H3,(H,23,24). The van der Waals surface area contributed by atoms with E-state index < -0.39 is 24.0 Å². The summed E-state index contributed by atoms with van der Waals surface area (Å²) in [5.74, 6) is 0.150. The molecule has 0 atom stereocenters. The van der Waals surface area contributed by atoms with Crippen LogP contribution in [0.4, 0.5) is 4.39 Å². The topological polar surface area (TPSA) is 60.0 Å². The molecule has 2 aromatic heterocycles. The highest BCUT2D eigenvalue weighted by atomic mass is 19.1. The highest BCUT2D eigenvalue weighted by Gasteiger charge is 2.53. The molecule has 0 aromatic carbocycles. The lowest BCUT2D eigenvalue weighted by Crippen LogP contribution is -2.41. The van der Waals surface area contributed by atoms with Gasteiger partial charge < -0.3 is 9.31 Å². The zero-order valence-corrected chi connectivity index (χ0v) is 16.1. The first-order valence-electron chi connectivity index (χ1n) is 8.85. The zero-order valence-electron chi connectivity index (χ0n) is 16.1. The predicted molar refractivity (Wildman–Crippen MR) is 101 cm³/mol. The SMILES string of the molecule is CC(C)c1[nH]nc(-c2ccccn2)c1C=C(F)B1OC(C)(C)C(C)(C)O1. The molecule has 0 spiro atoms. The van der Waals surface area contributed by atoms with Crippen molar-refractivity contribution in [3.05, 3.63) is 41.4 Å². The molecular weight excluding hydrogens is 332 g/mol. The van der Waals surface area contributed by atoms with Crippen LogP contribution in [-0.2, 0) is 9.31 Å². The molecule has 0 saturated carbocycles. The molecule has 138 valence electrons. The fraction of sp³-hybridized carbons (Fsp3) is 0.474. The molecule has 1 aliphatic rings. The number of nitrogens with zero attached hydrogens (tertiary/aromatic N) is 2. The van der Waals surface area contributed by atoms with Crippen molar-refractivity contribution in [1.82, 2.24) is 15.2 Å². The predicted octanol–water partition coefficient (Wildman–Crippen LogP) is 4.54. The molecule has 3 rings (SSSR count). The number of hydrogen-bond acceptors (Lipinski definition) is 4. The van der Waals surface area contributed by atoms with Crippen LogP contribution in [0, 0.1) is 0 Å². The second kappa shape index (κ2) is 6.63. The van der Waals surface area contributed by atoms with Crippen molar-refractivity contribution in [3.63, 3.8) is 0 Å². The van der Waals surface area contributed by atoms with Crippen molar-refractivity contribution in [1.29, 1.82) is 0 Å². The summed E-state index contributed by atoms with van der Waals surface area (Å²) in [6, 6.07) is 5.56. The normalized spacial score (nSPS) is 19.4. The van der Waals surface area contributed by atoms with E-state index in [-0.39, 0.29) is 5.92 Å². The summed E-state index contributed by atoms with van der Waals surface area (Å²) >= 11 is 0. The van der Waals surface area contributed by atoms with Gasteiger partial charge in [0, 0.05) is 17.5 Å². The van der Waals surface area contributed by atoms with Crippen LogP contribution in [0.3, 0.4) is 0 Å². The summed E-state index contributed by atoms with van der Waals surface area (Å²) < 4.78 is 26.7. The number of hydrogen-bond donors (Lipinski definition) is 1. The first kappa shape index (κ1) is 18.8. The van der Waals surface area contributed by atoms with Crippen molar-refractivity contribution >= 4 is 13.2 Å². The molecule has 1 saturated heterocycles. The second-order valence-corrected chi connectivity index (χ2v) is 7.89. The Morgan fingerprint density at radius 3 is 2.38 bits per heavy atom. The molecule has 0 unspecified atom stereocenters. The summed E-state index contributed by atoms with van der Waals surface area (Å²) in [6.45, 7) is 11.7. The van der Waals surface area contributed by atoms with Gasteiger partial charge in [0.05, 0.1) is 16.9 Å². The molecule has 1 fully saturated rings. The van der Waals surface area contributed by atoms with Crippen LogP contribution in [0.5, 0.6) is 0 Å².